The average Bonchev–Trinajstić information content (AvgIpc) is 2.96. The molecule has 1 fully saturated rings. The Hall–Kier alpha value is -1.81. The van der Waals surface area contributed by atoms with Crippen LogP contribution >= 0.6 is 0 Å². The lowest BCUT2D eigenvalue weighted by molar-refractivity contribution is 0.0513. The first kappa shape index (κ1) is 15.1. The van der Waals surface area contributed by atoms with Crippen LogP contribution in [0.25, 0.3) is 10.9 Å². The van der Waals surface area contributed by atoms with Gasteiger partial charge in [-0.3, -0.25) is 4.79 Å². The topological polar surface area (TPSA) is 54.1 Å². The third kappa shape index (κ3) is 3.17. The summed E-state index contributed by atoms with van der Waals surface area (Å²) < 4.78 is 5.48. The molecule has 1 amide bonds. The number of rotatable bonds is 7. The summed E-state index contributed by atoms with van der Waals surface area (Å²) in [7, 11) is 0. The van der Waals surface area contributed by atoms with E-state index in [2.05, 4.69) is 10.3 Å². The van der Waals surface area contributed by atoms with Crippen molar-refractivity contribution in [1.82, 2.24) is 10.3 Å². The van der Waals surface area contributed by atoms with Crippen LogP contribution in [0.15, 0.2) is 30.5 Å². The maximum absolute atomic E-state index is 12.4. The highest BCUT2D eigenvalue weighted by Crippen LogP contribution is 2.43. The van der Waals surface area contributed by atoms with Crippen molar-refractivity contribution in [3.63, 3.8) is 0 Å². The number of fused-ring (bicyclic) bond motifs is 1. The number of carbonyl (C=O) groups excluding carboxylic acids is 1. The fourth-order valence-corrected chi connectivity index (χ4v) is 3.18. The van der Waals surface area contributed by atoms with Gasteiger partial charge < -0.3 is 15.0 Å². The van der Waals surface area contributed by atoms with E-state index >= 15 is 0 Å². The van der Waals surface area contributed by atoms with Crippen LogP contribution in [0.4, 0.5) is 0 Å². The van der Waals surface area contributed by atoms with Crippen molar-refractivity contribution in [1.29, 1.82) is 0 Å². The predicted octanol–water partition coefficient (Wildman–Crippen LogP) is 3.49. The number of ether oxygens (including phenoxy) is 1. The Morgan fingerprint density at radius 1 is 1.36 bits per heavy atom. The molecule has 0 aliphatic heterocycles. The summed E-state index contributed by atoms with van der Waals surface area (Å²) in [5.41, 5.74) is 1.97. The van der Waals surface area contributed by atoms with Crippen molar-refractivity contribution in [2.75, 3.05) is 19.8 Å². The van der Waals surface area contributed by atoms with E-state index in [1.165, 1.54) is 19.3 Å². The second-order valence-corrected chi connectivity index (χ2v) is 6.26. The zero-order valence-electron chi connectivity index (χ0n) is 13.2. The number of benzene rings is 1. The molecule has 4 heteroatoms. The minimum Gasteiger partial charge on any atom is -0.382 e. The third-order valence-electron chi connectivity index (χ3n) is 4.84. The van der Waals surface area contributed by atoms with Gasteiger partial charge in [0.1, 0.15) is 0 Å². The Morgan fingerprint density at radius 2 is 2.23 bits per heavy atom. The van der Waals surface area contributed by atoms with Crippen LogP contribution in [0.5, 0.6) is 0 Å². The van der Waals surface area contributed by atoms with Gasteiger partial charge in [0, 0.05) is 37.0 Å². The van der Waals surface area contributed by atoms with Crippen molar-refractivity contribution in [2.45, 2.75) is 32.6 Å². The van der Waals surface area contributed by atoms with E-state index in [9.17, 15) is 4.79 Å². The van der Waals surface area contributed by atoms with Crippen LogP contribution in [-0.4, -0.2) is 30.6 Å². The third-order valence-corrected chi connectivity index (χ3v) is 4.84. The van der Waals surface area contributed by atoms with Gasteiger partial charge in [-0.25, -0.2) is 0 Å². The Morgan fingerprint density at radius 3 is 2.95 bits per heavy atom. The molecule has 118 valence electrons. The fraction of sp³-hybridized carbons (Fsp3) is 0.500. The Balaban J connectivity index is 1.58. The molecule has 0 spiro atoms. The van der Waals surface area contributed by atoms with Gasteiger partial charge in [-0.05, 0) is 55.2 Å². The standard InChI is InChI=1S/C18H24N2O2/c1-2-22-11-9-18(7-3-8-18)13-20-17(21)15-5-4-14-6-10-19-16(14)12-15/h4-6,10,12,19H,2-3,7-9,11,13H2,1H3,(H,20,21). The van der Waals surface area contributed by atoms with Gasteiger partial charge in [0.2, 0.25) is 0 Å². The molecule has 3 rings (SSSR count). The van der Waals surface area contributed by atoms with Crippen molar-refractivity contribution >= 4 is 16.8 Å². The lowest BCUT2D eigenvalue weighted by Crippen LogP contribution is -2.42. The van der Waals surface area contributed by atoms with Crippen LogP contribution in [0.2, 0.25) is 0 Å². The summed E-state index contributed by atoms with van der Waals surface area (Å²) in [6.45, 7) is 4.33. The van der Waals surface area contributed by atoms with E-state index in [0.29, 0.717) is 5.56 Å². The van der Waals surface area contributed by atoms with Crippen molar-refractivity contribution < 1.29 is 9.53 Å². The molecule has 1 aliphatic carbocycles. The molecular formula is C18H24N2O2. The molecule has 1 aromatic carbocycles. The summed E-state index contributed by atoms with van der Waals surface area (Å²) in [4.78, 5) is 15.5. The number of carbonyl (C=O) groups is 1. The molecule has 2 N–H and O–H groups in total. The van der Waals surface area contributed by atoms with Gasteiger partial charge >= 0.3 is 0 Å². The maximum Gasteiger partial charge on any atom is 0.251 e. The second kappa shape index (κ2) is 6.53. The summed E-state index contributed by atoms with van der Waals surface area (Å²) in [6, 6.07) is 7.79. The molecular weight excluding hydrogens is 276 g/mol. The average molecular weight is 300 g/mol. The molecule has 1 saturated carbocycles. The fourth-order valence-electron chi connectivity index (χ4n) is 3.18. The summed E-state index contributed by atoms with van der Waals surface area (Å²) in [6.07, 6.45) is 6.57. The minimum atomic E-state index is 0.0131. The predicted molar refractivity (Wildman–Crippen MR) is 88.0 cm³/mol. The first-order valence-electron chi connectivity index (χ1n) is 8.16. The highest BCUT2D eigenvalue weighted by atomic mass is 16.5. The number of aromatic nitrogens is 1. The van der Waals surface area contributed by atoms with E-state index in [0.717, 1.165) is 37.1 Å². The van der Waals surface area contributed by atoms with Gasteiger partial charge in [0.15, 0.2) is 0 Å². The van der Waals surface area contributed by atoms with Crippen LogP contribution in [-0.2, 0) is 4.74 Å². The Bertz CT molecular complexity index is 643. The van der Waals surface area contributed by atoms with Crippen molar-refractivity contribution in [3.8, 4) is 0 Å². The monoisotopic (exact) mass is 300 g/mol. The Labute approximate surface area is 131 Å². The lowest BCUT2D eigenvalue weighted by atomic mass is 9.66. The SMILES string of the molecule is CCOCCC1(CNC(=O)c2ccc3cc[nH]c3c2)CCC1. The normalized spacial score (nSPS) is 16.4. The number of H-pyrrole nitrogens is 1. The van der Waals surface area contributed by atoms with Crippen LogP contribution in [0.1, 0.15) is 43.0 Å². The highest BCUT2D eigenvalue weighted by molar-refractivity contribution is 5.97. The maximum atomic E-state index is 12.4. The van der Waals surface area contributed by atoms with Crippen LogP contribution in [0, 0.1) is 5.41 Å². The van der Waals surface area contributed by atoms with Gasteiger partial charge in [0.25, 0.3) is 5.91 Å². The molecule has 0 saturated heterocycles. The van der Waals surface area contributed by atoms with Crippen molar-refractivity contribution in [2.24, 2.45) is 5.41 Å². The molecule has 22 heavy (non-hydrogen) atoms. The summed E-state index contributed by atoms with van der Waals surface area (Å²) >= 11 is 0. The molecule has 0 unspecified atom stereocenters. The summed E-state index contributed by atoms with van der Waals surface area (Å²) in [5.74, 6) is 0.0131. The molecule has 1 aromatic heterocycles. The van der Waals surface area contributed by atoms with Crippen LogP contribution in [0.3, 0.4) is 0 Å². The Kier molecular flexibility index (Phi) is 4.48. The molecule has 0 radical (unpaired) electrons. The van der Waals surface area contributed by atoms with Crippen molar-refractivity contribution in [3.05, 3.63) is 36.0 Å². The molecule has 1 heterocycles. The largest absolute Gasteiger partial charge is 0.382 e. The van der Waals surface area contributed by atoms with Gasteiger partial charge in [-0.1, -0.05) is 12.5 Å². The number of hydrogen-bond acceptors (Lipinski definition) is 2. The molecule has 1 aliphatic rings. The zero-order valence-corrected chi connectivity index (χ0v) is 13.2. The van der Waals surface area contributed by atoms with E-state index in [1.54, 1.807) is 0 Å². The van der Waals surface area contributed by atoms with E-state index in [-0.39, 0.29) is 11.3 Å². The number of amides is 1. The van der Waals surface area contributed by atoms with E-state index in [1.807, 2.05) is 37.4 Å². The van der Waals surface area contributed by atoms with Crippen LogP contribution < -0.4 is 5.32 Å². The van der Waals surface area contributed by atoms with Gasteiger partial charge in [-0.2, -0.15) is 0 Å². The molecule has 4 nitrogen and oxygen atoms in total. The number of nitrogens with one attached hydrogen (secondary N) is 2. The first-order valence-corrected chi connectivity index (χ1v) is 8.16. The number of hydrogen-bond donors (Lipinski definition) is 2. The number of aromatic amines is 1. The minimum absolute atomic E-state index is 0.0131. The summed E-state index contributed by atoms with van der Waals surface area (Å²) in [5, 5.41) is 4.25. The van der Waals surface area contributed by atoms with E-state index in [4.69, 9.17) is 4.74 Å². The zero-order chi connectivity index (χ0) is 15.4. The quantitative estimate of drug-likeness (QED) is 0.769. The highest BCUT2D eigenvalue weighted by Gasteiger charge is 2.36. The molecule has 0 bridgehead atoms. The van der Waals surface area contributed by atoms with E-state index < -0.39 is 0 Å². The lowest BCUT2D eigenvalue weighted by Gasteiger charge is -2.42. The van der Waals surface area contributed by atoms with Gasteiger partial charge in [-0.15, -0.1) is 0 Å². The van der Waals surface area contributed by atoms with Gasteiger partial charge in [0.05, 0.1) is 0 Å². The first-order chi connectivity index (χ1) is 10.7. The smallest absolute Gasteiger partial charge is 0.251 e. The molecule has 2 aromatic rings. The second-order valence-electron chi connectivity index (χ2n) is 6.26. The molecule has 0 atom stereocenters.